The molecule has 42 heavy (non-hydrogen) atoms. The summed E-state index contributed by atoms with van der Waals surface area (Å²) in [6, 6.07) is 22.6. The van der Waals surface area contributed by atoms with Gasteiger partial charge < -0.3 is 4.90 Å². The Morgan fingerprint density at radius 3 is 2.43 bits per heavy atom. The Morgan fingerprint density at radius 2 is 1.71 bits per heavy atom. The van der Waals surface area contributed by atoms with E-state index in [1.54, 1.807) is 21.7 Å². The number of halogens is 1. The Bertz CT molecular complexity index is 1630. The van der Waals surface area contributed by atoms with Crippen LogP contribution in [0.4, 0.5) is 10.2 Å². The molecule has 2 amide bonds. The zero-order valence-electron chi connectivity index (χ0n) is 24.2. The Hall–Kier alpha value is -3.91. The van der Waals surface area contributed by atoms with Crippen molar-refractivity contribution in [3.63, 3.8) is 0 Å². The molecule has 3 heterocycles. The number of aryl methyl sites for hydroxylation is 2. The molecule has 6 nitrogen and oxygen atoms in total. The number of nitrogens with zero attached hydrogens (tertiary/aromatic N) is 4. The molecule has 0 N–H and O–H groups in total. The summed E-state index contributed by atoms with van der Waals surface area (Å²) in [7, 11) is 0. The fourth-order valence-electron chi connectivity index (χ4n) is 5.97. The molecule has 8 heteroatoms. The number of anilines is 1. The number of aromatic nitrogens is 2. The SMILES string of the molecule is Cc1ccc(-n2nc(-c3ccccc3)c3c2N(CC(=O)N2CCC(C)CC2)C(=O)CS[C@H]3c2ccccc2F)c(C)c1. The van der Waals surface area contributed by atoms with E-state index in [9.17, 15) is 9.59 Å². The second kappa shape index (κ2) is 11.8. The van der Waals surface area contributed by atoms with Gasteiger partial charge in [0.25, 0.3) is 0 Å². The molecular formula is C34H35FN4O2S. The summed E-state index contributed by atoms with van der Waals surface area (Å²) in [6.45, 7) is 7.55. The molecule has 0 unspecified atom stereocenters. The number of benzene rings is 3. The molecule has 1 fully saturated rings. The predicted molar refractivity (Wildman–Crippen MR) is 167 cm³/mol. The normalized spacial score (nSPS) is 17.7. The van der Waals surface area contributed by atoms with Crippen molar-refractivity contribution in [2.24, 2.45) is 5.92 Å². The lowest BCUT2D eigenvalue weighted by atomic mass is 9.98. The van der Waals surface area contributed by atoms with Crippen molar-refractivity contribution < 1.29 is 14.0 Å². The topological polar surface area (TPSA) is 58.4 Å². The number of fused-ring (bicyclic) bond motifs is 1. The van der Waals surface area contributed by atoms with E-state index in [0.717, 1.165) is 40.8 Å². The van der Waals surface area contributed by atoms with Crippen LogP contribution in [0.5, 0.6) is 0 Å². The maximum absolute atomic E-state index is 15.5. The van der Waals surface area contributed by atoms with Gasteiger partial charge in [0, 0.05) is 29.8 Å². The Kier molecular flexibility index (Phi) is 7.90. The van der Waals surface area contributed by atoms with Crippen molar-refractivity contribution in [2.75, 3.05) is 30.3 Å². The first-order valence-electron chi connectivity index (χ1n) is 14.5. The van der Waals surface area contributed by atoms with Crippen molar-refractivity contribution in [3.05, 3.63) is 101 Å². The molecule has 1 aromatic heterocycles. The van der Waals surface area contributed by atoms with Gasteiger partial charge in [0.1, 0.15) is 18.2 Å². The number of carbonyl (C=O) groups is 2. The highest BCUT2D eigenvalue weighted by Gasteiger charge is 2.39. The molecule has 0 saturated carbocycles. The molecule has 0 spiro atoms. The second-order valence-corrected chi connectivity index (χ2v) is 12.5. The van der Waals surface area contributed by atoms with Gasteiger partial charge in [-0.3, -0.25) is 14.5 Å². The molecule has 4 aromatic rings. The van der Waals surface area contributed by atoms with Gasteiger partial charge in [-0.1, -0.05) is 73.2 Å². The van der Waals surface area contributed by atoms with Crippen molar-refractivity contribution in [2.45, 2.75) is 38.9 Å². The van der Waals surface area contributed by atoms with Crippen LogP contribution in [0.3, 0.4) is 0 Å². The summed E-state index contributed by atoms with van der Waals surface area (Å²) in [4.78, 5) is 31.2. The molecule has 2 aliphatic heterocycles. The third kappa shape index (κ3) is 5.36. The maximum atomic E-state index is 15.5. The van der Waals surface area contributed by atoms with Gasteiger partial charge in [0.2, 0.25) is 11.8 Å². The van der Waals surface area contributed by atoms with Gasteiger partial charge in [-0.25, -0.2) is 9.07 Å². The Balaban J connectivity index is 1.59. The molecule has 0 aliphatic carbocycles. The van der Waals surface area contributed by atoms with Crippen LogP contribution < -0.4 is 4.90 Å². The number of rotatable bonds is 5. The van der Waals surface area contributed by atoms with Gasteiger partial charge in [0.15, 0.2) is 0 Å². The second-order valence-electron chi connectivity index (χ2n) is 11.4. The van der Waals surface area contributed by atoms with Crippen LogP contribution in [0.2, 0.25) is 0 Å². The molecule has 0 radical (unpaired) electrons. The van der Waals surface area contributed by atoms with Crippen LogP contribution in [0, 0.1) is 25.6 Å². The summed E-state index contributed by atoms with van der Waals surface area (Å²) in [5, 5.41) is 4.64. The lowest BCUT2D eigenvalue weighted by molar-refractivity contribution is -0.132. The first kappa shape index (κ1) is 28.2. The number of carbonyl (C=O) groups excluding carboxylic acids is 2. The minimum atomic E-state index is -0.504. The first-order valence-corrected chi connectivity index (χ1v) is 15.6. The molecule has 1 atom stereocenters. The van der Waals surface area contributed by atoms with Gasteiger partial charge >= 0.3 is 0 Å². The number of amides is 2. The number of hydrogen-bond acceptors (Lipinski definition) is 4. The van der Waals surface area contributed by atoms with Crippen LogP contribution >= 0.6 is 11.8 Å². The number of piperidine rings is 1. The zero-order valence-corrected chi connectivity index (χ0v) is 25.0. The fraction of sp³-hybridized carbons (Fsp3) is 0.324. The van der Waals surface area contributed by atoms with E-state index >= 15 is 4.39 Å². The van der Waals surface area contributed by atoms with Crippen LogP contribution in [-0.4, -0.2) is 51.9 Å². The quantitative estimate of drug-likeness (QED) is 0.262. The summed E-state index contributed by atoms with van der Waals surface area (Å²) in [6.07, 6.45) is 1.91. The summed E-state index contributed by atoms with van der Waals surface area (Å²) in [5.74, 6) is 0.618. The van der Waals surface area contributed by atoms with Gasteiger partial charge in [-0.2, -0.15) is 5.10 Å². The van der Waals surface area contributed by atoms with Crippen molar-refractivity contribution >= 4 is 29.4 Å². The standard InChI is InChI=1S/C34H35FN4O2S/c1-22-15-17-37(18-16-22)29(40)20-38-30(41)21-42-33(26-11-7-8-12-27(26)35)31-32(25-9-5-4-6-10-25)36-39(34(31)38)28-14-13-23(2)19-24(28)3/h4-14,19,22,33H,15-18,20-21H2,1-3H3/t33-/m0/s1. The molecule has 3 aromatic carbocycles. The summed E-state index contributed by atoms with van der Waals surface area (Å²) in [5.41, 5.74) is 5.68. The lowest BCUT2D eigenvalue weighted by Crippen LogP contribution is -2.46. The highest BCUT2D eigenvalue weighted by atomic mass is 32.2. The Morgan fingerprint density at radius 1 is 1.00 bits per heavy atom. The van der Waals surface area contributed by atoms with Crippen LogP contribution in [0.1, 0.15) is 47.3 Å². The minimum Gasteiger partial charge on any atom is -0.341 e. The summed E-state index contributed by atoms with van der Waals surface area (Å²) >= 11 is 1.38. The average molecular weight is 583 g/mol. The van der Waals surface area contributed by atoms with Gasteiger partial charge in [0.05, 0.1) is 22.4 Å². The van der Waals surface area contributed by atoms with E-state index in [1.165, 1.54) is 17.8 Å². The van der Waals surface area contributed by atoms with E-state index in [4.69, 9.17) is 5.10 Å². The van der Waals surface area contributed by atoms with E-state index in [1.807, 2.05) is 67.3 Å². The summed E-state index contributed by atoms with van der Waals surface area (Å²) < 4.78 is 17.3. The number of hydrogen-bond donors (Lipinski definition) is 0. The van der Waals surface area contributed by atoms with Gasteiger partial charge in [-0.05, 0) is 50.3 Å². The van der Waals surface area contributed by atoms with E-state index in [-0.39, 0.29) is 29.9 Å². The molecule has 0 bridgehead atoms. The monoisotopic (exact) mass is 582 g/mol. The lowest BCUT2D eigenvalue weighted by Gasteiger charge is -2.32. The number of thioether (sulfide) groups is 1. The highest BCUT2D eigenvalue weighted by molar-refractivity contribution is 8.00. The van der Waals surface area contributed by atoms with Crippen molar-refractivity contribution in [1.82, 2.24) is 14.7 Å². The van der Waals surface area contributed by atoms with Crippen molar-refractivity contribution in [3.8, 4) is 16.9 Å². The van der Waals surface area contributed by atoms with E-state index in [0.29, 0.717) is 36.1 Å². The minimum absolute atomic E-state index is 0.0785. The van der Waals surface area contributed by atoms with Crippen LogP contribution in [0.15, 0.2) is 72.8 Å². The first-order chi connectivity index (χ1) is 20.3. The smallest absolute Gasteiger partial charge is 0.242 e. The van der Waals surface area contributed by atoms with E-state index in [2.05, 4.69) is 13.0 Å². The average Bonchev–Trinajstić information content (AvgIpc) is 3.30. The maximum Gasteiger partial charge on any atom is 0.242 e. The molecule has 6 rings (SSSR count). The zero-order chi connectivity index (χ0) is 29.4. The van der Waals surface area contributed by atoms with Crippen molar-refractivity contribution in [1.29, 1.82) is 0 Å². The number of likely N-dealkylation sites (tertiary alicyclic amines) is 1. The van der Waals surface area contributed by atoms with Crippen LogP contribution in [0.25, 0.3) is 16.9 Å². The third-order valence-corrected chi connectivity index (χ3v) is 9.57. The molecular weight excluding hydrogens is 547 g/mol. The third-order valence-electron chi connectivity index (χ3n) is 8.33. The Labute approximate surface area is 250 Å². The van der Waals surface area contributed by atoms with Crippen LogP contribution in [-0.2, 0) is 9.59 Å². The fourth-order valence-corrected chi connectivity index (χ4v) is 7.19. The molecule has 1 saturated heterocycles. The highest BCUT2D eigenvalue weighted by Crippen LogP contribution is 2.49. The largest absolute Gasteiger partial charge is 0.341 e. The molecule has 2 aliphatic rings. The molecule has 216 valence electrons. The predicted octanol–water partition coefficient (Wildman–Crippen LogP) is 6.72. The van der Waals surface area contributed by atoms with E-state index < -0.39 is 5.25 Å². The van der Waals surface area contributed by atoms with Gasteiger partial charge in [-0.15, -0.1) is 11.8 Å².